The third-order valence-electron chi connectivity index (χ3n) is 6.63. The van der Waals surface area contributed by atoms with Gasteiger partial charge in [-0.1, -0.05) is 11.3 Å². The number of nitrogens with one attached hydrogen (secondary N) is 1. The molecule has 35 heavy (non-hydrogen) atoms. The summed E-state index contributed by atoms with van der Waals surface area (Å²) < 4.78 is 50.2. The molecule has 0 amide bonds. The standard InChI is InChI=1S/C23H26F2N8O2/c1-34-22-21-16(14-2-3-19-20(10-14)32(9-6-24)30-28-19)4-8-33(21)29-23(27-22)26-18-5-7-31(11-17(18)25)15-12-35-13-15/h2-4,8,10,15,17-18H,5-7,9,11-13H2,1H3,(H,26,29)/t17-,18+/m1/s1/i15D. The van der Waals surface area contributed by atoms with Gasteiger partial charge >= 0.3 is 0 Å². The monoisotopic (exact) mass is 485 g/mol. The number of alkyl halides is 2. The van der Waals surface area contributed by atoms with Crippen LogP contribution in [0.3, 0.4) is 0 Å². The first-order valence-corrected chi connectivity index (χ1v) is 11.6. The van der Waals surface area contributed by atoms with Gasteiger partial charge in [-0.25, -0.2) is 18.0 Å². The van der Waals surface area contributed by atoms with Gasteiger partial charge in [0.2, 0.25) is 11.8 Å². The molecule has 2 aliphatic heterocycles. The maximum atomic E-state index is 15.0. The molecule has 2 atom stereocenters. The average Bonchev–Trinajstić information content (AvgIpc) is 3.47. The summed E-state index contributed by atoms with van der Waals surface area (Å²) in [6.45, 7) is 0.969. The molecule has 10 nitrogen and oxygen atoms in total. The Morgan fingerprint density at radius 3 is 2.94 bits per heavy atom. The Bertz CT molecular complexity index is 1410. The Labute approximate surface area is 201 Å². The first kappa shape index (κ1) is 20.9. The number of nitrogens with zero attached hydrogens (tertiary/aromatic N) is 7. The number of benzene rings is 1. The van der Waals surface area contributed by atoms with Gasteiger partial charge in [0.25, 0.3) is 0 Å². The van der Waals surface area contributed by atoms with E-state index in [0.717, 1.165) is 16.6 Å². The molecule has 3 aromatic heterocycles. The van der Waals surface area contributed by atoms with Gasteiger partial charge in [-0.05, 0) is 30.2 Å². The van der Waals surface area contributed by atoms with Crippen LogP contribution >= 0.6 is 0 Å². The molecule has 0 spiro atoms. The van der Waals surface area contributed by atoms with Crippen LogP contribution in [0.2, 0.25) is 0 Å². The fourth-order valence-electron chi connectivity index (χ4n) is 4.70. The summed E-state index contributed by atoms with van der Waals surface area (Å²) in [4.78, 5) is 6.36. The predicted molar refractivity (Wildman–Crippen MR) is 125 cm³/mol. The van der Waals surface area contributed by atoms with Crippen LogP contribution in [0.5, 0.6) is 5.88 Å². The van der Waals surface area contributed by atoms with E-state index >= 15 is 4.39 Å². The van der Waals surface area contributed by atoms with Gasteiger partial charge in [0.1, 0.15) is 23.9 Å². The molecule has 4 aromatic rings. The Balaban J connectivity index is 1.27. The van der Waals surface area contributed by atoms with Gasteiger partial charge in [-0.2, -0.15) is 4.98 Å². The van der Waals surface area contributed by atoms with Crippen LogP contribution in [-0.4, -0.2) is 92.8 Å². The molecule has 0 radical (unpaired) electrons. The van der Waals surface area contributed by atoms with E-state index in [4.69, 9.17) is 10.8 Å². The smallest absolute Gasteiger partial charge is 0.244 e. The van der Waals surface area contributed by atoms with E-state index in [0.29, 0.717) is 43.1 Å². The van der Waals surface area contributed by atoms with E-state index in [1.165, 1.54) is 11.8 Å². The number of fused-ring (bicyclic) bond motifs is 2. The van der Waals surface area contributed by atoms with Crippen LogP contribution in [0.4, 0.5) is 14.7 Å². The molecule has 0 bridgehead atoms. The molecule has 0 aliphatic carbocycles. The van der Waals surface area contributed by atoms with Gasteiger partial charge in [0.05, 0.1) is 45.8 Å². The highest BCUT2D eigenvalue weighted by molar-refractivity contribution is 5.89. The van der Waals surface area contributed by atoms with Crippen molar-refractivity contribution in [3.05, 3.63) is 30.5 Å². The Hall–Kier alpha value is -3.38. The Morgan fingerprint density at radius 2 is 2.20 bits per heavy atom. The normalized spacial score (nSPS) is 22.8. The summed E-state index contributed by atoms with van der Waals surface area (Å²) in [5.41, 5.74) is 3.74. The number of rotatable bonds is 7. The fourth-order valence-corrected chi connectivity index (χ4v) is 4.70. The number of ether oxygens (including phenoxy) is 2. The molecule has 1 aromatic carbocycles. The number of aryl methyl sites for hydroxylation is 1. The van der Waals surface area contributed by atoms with Crippen molar-refractivity contribution in [3.8, 4) is 17.0 Å². The summed E-state index contributed by atoms with van der Waals surface area (Å²) in [6.07, 6.45) is 1.13. The summed E-state index contributed by atoms with van der Waals surface area (Å²) >= 11 is 0. The Morgan fingerprint density at radius 1 is 1.31 bits per heavy atom. The second kappa shape index (κ2) is 9.00. The third-order valence-corrected chi connectivity index (χ3v) is 6.63. The molecule has 12 heteroatoms. The molecule has 2 fully saturated rings. The highest BCUT2D eigenvalue weighted by Crippen LogP contribution is 2.33. The minimum atomic E-state index is -1.18. The molecule has 2 aliphatic rings. The lowest BCUT2D eigenvalue weighted by molar-refractivity contribution is -0.0794. The molecule has 0 saturated carbocycles. The van der Waals surface area contributed by atoms with Crippen molar-refractivity contribution >= 4 is 22.5 Å². The zero-order valence-electron chi connectivity index (χ0n) is 20.2. The average molecular weight is 486 g/mol. The van der Waals surface area contributed by atoms with Crippen molar-refractivity contribution in [2.24, 2.45) is 0 Å². The van der Waals surface area contributed by atoms with Gasteiger partial charge in [0.15, 0.2) is 0 Å². The number of hydrogen-bond acceptors (Lipinski definition) is 8. The maximum absolute atomic E-state index is 15.0. The molecule has 5 heterocycles. The quantitative estimate of drug-likeness (QED) is 0.426. The predicted octanol–water partition coefficient (Wildman–Crippen LogP) is 2.34. The van der Waals surface area contributed by atoms with E-state index in [9.17, 15) is 4.39 Å². The Kier molecular flexibility index (Phi) is 5.39. The van der Waals surface area contributed by atoms with Crippen molar-refractivity contribution in [3.63, 3.8) is 0 Å². The summed E-state index contributed by atoms with van der Waals surface area (Å²) in [5, 5.41) is 15.8. The molecule has 6 rings (SSSR count). The van der Waals surface area contributed by atoms with Gasteiger partial charge in [0, 0.05) is 24.8 Å². The number of aromatic nitrogens is 6. The number of halogens is 2. The van der Waals surface area contributed by atoms with Gasteiger partial charge < -0.3 is 14.8 Å². The largest absolute Gasteiger partial charge is 0.479 e. The van der Waals surface area contributed by atoms with Crippen molar-refractivity contribution in [1.29, 1.82) is 0 Å². The van der Waals surface area contributed by atoms with Crippen molar-refractivity contribution in [1.82, 2.24) is 34.5 Å². The van der Waals surface area contributed by atoms with Crippen LogP contribution in [-0.2, 0) is 11.3 Å². The van der Waals surface area contributed by atoms with Crippen molar-refractivity contribution in [2.45, 2.75) is 31.2 Å². The molecular weight excluding hydrogens is 458 g/mol. The fraction of sp³-hybridized carbons (Fsp3) is 0.478. The molecular formula is C23H26F2N8O2. The van der Waals surface area contributed by atoms with Crippen molar-refractivity contribution < 1.29 is 19.6 Å². The maximum Gasteiger partial charge on any atom is 0.244 e. The van der Waals surface area contributed by atoms with Crippen molar-refractivity contribution in [2.75, 3.05) is 45.4 Å². The molecule has 184 valence electrons. The SMILES string of the molecule is [2H]C1(N2CC[C@H](Nc3nc(OC)c4c(-c5ccc6nnn(CCF)c6c5)ccn4n3)[C@H](F)C2)COC1. The second-order valence-corrected chi connectivity index (χ2v) is 8.73. The van der Waals surface area contributed by atoms with E-state index in [2.05, 4.69) is 25.7 Å². The van der Waals surface area contributed by atoms with Crippen LogP contribution in [0.25, 0.3) is 27.7 Å². The topological polar surface area (TPSA) is 94.6 Å². The summed E-state index contributed by atoms with van der Waals surface area (Å²) in [6, 6.07) is 6.24. The van der Waals surface area contributed by atoms with Gasteiger partial charge in [-0.3, -0.25) is 4.90 Å². The molecule has 0 unspecified atom stereocenters. The molecule has 1 N–H and O–H groups in total. The lowest BCUT2D eigenvalue weighted by atomic mass is 10.0. The minimum absolute atomic E-state index is 0.128. The van der Waals surface area contributed by atoms with Crippen LogP contribution in [0.1, 0.15) is 7.79 Å². The highest BCUT2D eigenvalue weighted by Gasteiger charge is 2.35. The summed E-state index contributed by atoms with van der Waals surface area (Å²) in [7, 11) is 1.52. The molecule has 2 saturated heterocycles. The van der Waals surface area contributed by atoms with Crippen LogP contribution in [0.15, 0.2) is 30.5 Å². The van der Waals surface area contributed by atoms with E-state index in [1.807, 2.05) is 29.2 Å². The van der Waals surface area contributed by atoms with E-state index < -0.39 is 24.9 Å². The second-order valence-electron chi connectivity index (χ2n) is 8.73. The zero-order valence-corrected chi connectivity index (χ0v) is 19.2. The lowest BCUT2D eigenvalue weighted by Gasteiger charge is -2.42. The third kappa shape index (κ3) is 3.96. The van der Waals surface area contributed by atoms with E-state index in [1.54, 1.807) is 10.7 Å². The minimum Gasteiger partial charge on any atom is -0.479 e. The number of methoxy groups -OCH3 is 1. The highest BCUT2D eigenvalue weighted by atomic mass is 19.1. The summed E-state index contributed by atoms with van der Waals surface area (Å²) in [5.74, 6) is 0.600. The first-order chi connectivity index (χ1) is 17.5. The number of anilines is 1. The van der Waals surface area contributed by atoms with Crippen LogP contribution in [0, 0.1) is 0 Å². The first-order valence-electron chi connectivity index (χ1n) is 12.1. The zero-order chi connectivity index (χ0) is 24.9. The van der Waals surface area contributed by atoms with Gasteiger partial charge in [-0.15, -0.1) is 10.2 Å². The lowest BCUT2D eigenvalue weighted by Crippen LogP contribution is -2.57. The van der Waals surface area contributed by atoms with Crippen LogP contribution < -0.4 is 10.1 Å². The van der Waals surface area contributed by atoms with E-state index in [-0.39, 0.29) is 19.0 Å². The number of hydrogen-bond donors (Lipinski definition) is 1. The number of likely N-dealkylation sites (tertiary alicyclic amines) is 1. The number of piperidine rings is 1.